The third kappa shape index (κ3) is 5.31. The zero-order valence-electron chi connectivity index (χ0n) is 15.3. The molecule has 142 valence electrons. The van der Waals surface area contributed by atoms with Gasteiger partial charge in [0.2, 0.25) is 5.91 Å². The fraction of sp³-hybridized carbons (Fsp3) is 0.0909. The molecule has 5 nitrogen and oxygen atoms in total. The Morgan fingerprint density at radius 3 is 2.50 bits per heavy atom. The van der Waals surface area contributed by atoms with Gasteiger partial charge in [0.15, 0.2) is 0 Å². The lowest BCUT2D eigenvalue weighted by atomic mass is 10.1. The van der Waals surface area contributed by atoms with Crippen molar-refractivity contribution in [2.24, 2.45) is 0 Å². The summed E-state index contributed by atoms with van der Waals surface area (Å²) < 4.78 is 5.40. The molecule has 3 rings (SSSR count). The van der Waals surface area contributed by atoms with E-state index in [1.54, 1.807) is 65.9 Å². The van der Waals surface area contributed by atoms with E-state index in [0.29, 0.717) is 23.5 Å². The lowest BCUT2D eigenvalue weighted by Crippen LogP contribution is -2.17. The average molecular weight is 392 g/mol. The zero-order chi connectivity index (χ0) is 19.8. The molecule has 0 fully saturated rings. The Balaban J connectivity index is 1.68. The quantitative estimate of drug-likeness (QED) is 0.553. The first-order valence-corrected chi connectivity index (χ1v) is 9.69. The minimum Gasteiger partial charge on any atom is -0.494 e. The molecule has 1 heterocycles. The molecule has 0 aliphatic carbocycles. The summed E-state index contributed by atoms with van der Waals surface area (Å²) in [5.41, 5.74) is 1.48. The summed E-state index contributed by atoms with van der Waals surface area (Å²) in [4.78, 5) is 25.8. The Kier molecular flexibility index (Phi) is 6.59. The Morgan fingerprint density at radius 1 is 1.00 bits per heavy atom. The molecule has 2 N–H and O–H groups in total. The minimum atomic E-state index is -0.303. The van der Waals surface area contributed by atoms with Gasteiger partial charge < -0.3 is 15.4 Å². The maximum Gasteiger partial charge on any atom is 0.257 e. The van der Waals surface area contributed by atoms with Crippen LogP contribution in [0.1, 0.15) is 22.2 Å². The van der Waals surface area contributed by atoms with Crippen molar-refractivity contribution in [1.29, 1.82) is 0 Å². The van der Waals surface area contributed by atoms with E-state index in [0.717, 1.165) is 10.6 Å². The van der Waals surface area contributed by atoms with Crippen LogP contribution in [0.3, 0.4) is 0 Å². The van der Waals surface area contributed by atoms with Gasteiger partial charge >= 0.3 is 0 Å². The number of thiophene rings is 1. The predicted molar refractivity (Wildman–Crippen MR) is 114 cm³/mol. The van der Waals surface area contributed by atoms with Crippen molar-refractivity contribution in [2.75, 3.05) is 17.2 Å². The summed E-state index contributed by atoms with van der Waals surface area (Å²) in [6.07, 6.45) is 3.19. The molecular formula is C22H20N2O3S. The van der Waals surface area contributed by atoms with Crippen LogP contribution in [0.5, 0.6) is 5.75 Å². The first kappa shape index (κ1) is 19.4. The van der Waals surface area contributed by atoms with E-state index in [-0.39, 0.29) is 11.8 Å². The first-order chi connectivity index (χ1) is 13.7. The highest BCUT2D eigenvalue weighted by molar-refractivity contribution is 7.10. The summed E-state index contributed by atoms with van der Waals surface area (Å²) in [6, 6.07) is 17.9. The Labute approximate surface area is 167 Å². The minimum absolute atomic E-state index is 0.297. The lowest BCUT2D eigenvalue weighted by molar-refractivity contribution is -0.111. The van der Waals surface area contributed by atoms with Gasteiger partial charge in [0.25, 0.3) is 5.91 Å². The smallest absolute Gasteiger partial charge is 0.257 e. The normalized spacial score (nSPS) is 10.6. The summed E-state index contributed by atoms with van der Waals surface area (Å²) in [7, 11) is 0. The van der Waals surface area contributed by atoms with E-state index in [1.807, 2.05) is 24.4 Å². The molecule has 0 radical (unpaired) electrons. The standard InChI is InChI=1S/C22H20N2O3S/c1-2-27-17-11-9-16(10-12-17)23-22(26)19-7-3-4-8-20(19)24-21(25)14-13-18-6-5-15-28-18/h3-15H,2H2,1H3,(H,23,26)(H,24,25)/b14-13+. The van der Waals surface area contributed by atoms with Gasteiger partial charge in [-0.1, -0.05) is 18.2 Å². The molecule has 1 aromatic heterocycles. The van der Waals surface area contributed by atoms with Gasteiger partial charge in [-0.05, 0) is 60.8 Å². The second kappa shape index (κ2) is 9.53. The number of hydrogen-bond acceptors (Lipinski definition) is 4. The Morgan fingerprint density at radius 2 is 1.79 bits per heavy atom. The van der Waals surface area contributed by atoms with E-state index >= 15 is 0 Å². The maximum atomic E-state index is 12.7. The van der Waals surface area contributed by atoms with Gasteiger partial charge in [0.1, 0.15) is 5.75 Å². The van der Waals surface area contributed by atoms with Crippen molar-refractivity contribution in [1.82, 2.24) is 0 Å². The molecular weight excluding hydrogens is 372 g/mol. The second-order valence-corrected chi connectivity index (χ2v) is 6.77. The van der Waals surface area contributed by atoms with Gasteiger partial charge in [0, 0.05) is 16.6 Å². The van der Waals surface area contributed by atoms with E-state index in [2.05, 4.69) is 10.6 Å². The van der Waals surface area contributed by atoms with E-state index in [9.17, 15) is 9.59 Å². The van der Waals surface area contributed by atoms with Crippen LogP contribution in [-0.2, 0) is 4.79 Å². The lowest BCUT2D eigenvalue weighted by Gasteiger charge is -2.11. The zero-order valence-corrected chi connectivity index (χ0v) is 16.2. The average Bonchev–Trinajstić information content (AvgIpc) is 3.22. The number of amides is 2. The van der Waals surface area contributed by atoms with Crippen LogP contribution in [0.2, 0.25) is 0 Å². The third-order valence-corrected chi connectivity index (χ3v) is 4.63. The highest BCUT2D eigenvalue weighted by atomic mass is 32.1. The van der Waals surface area contributed by atoms with Crippen LogP contribution in [-0.4, -0.2) is 18.4 Å². The Bertz CT molecular complexity index is 964. The van der Waals surface area contributed by atoms with Crippen molar-refractivity contribution < 1.29 is 14.3 Å². The van der Waals surface area contributed by atoms with Crippen LogP contribution >= 0.6 is 11.3 Å². The summed E-state index contributed by atoms with van der Waals surface area (Å²) in [6.45, 7) is 2.50. The van der Waals surface area contributed by atoms with Gasteiger partial charge in [0.05, 0.1) is 17.9 Å². The molecule has 0 atom stereocenters. The van der Waals surface area contributed by atoms with Crippen LogP contribution in [0.4, 0.5) is 11.4 Å². The number of para-hydroxylation sites is 1. The van der Waals surface area contributed by atoms with Crippen LogP contribution in [0.15, 0.2) is 72.1 Å². The van der Waals surface area contributed by atoms with Gasteiger partial charge in [-0.25, -0.2) is 0 Å². The maximum absolute atomic E-state index is 12.7. The molecule has 0 aliphatic heterocycles. The second-order valence-electron chi connectivity index (χ2n) is 5.80. The molecule has 0 bridgehead atoms. The number of ether oxygens (including phenoxy) is 1. The fourth-order valence-electron chi connectivity index (χ4n) is 2.51. The van der Waals surface area contributed by atoms with E-state index in [1.165, 1.54) is 6.08 Å². The van der Waals surface area contributed by atoms with Crippen LogP contribution in [0, 0.1) is 0 Å². The number of nitrogens with one attached hydrogen (secondary N) is 2. The van der Waals surface area contributed by atoms with Crippen molar-refractivity contribution in [3.05, 3.63) is 82.6 Å². The molecule has 0 saturated carbocycles. The topological polar surface area (TPSA) is 67.4 Å². The van der Waals surface area contributed by atoms with E-state index < -0.39 is 0 Å². The molecule has 0 spiro atoms. The molecule has 0 saturated heterocycles. The van der Waals surface area contributed by atoms with Crippen molar-refractivity contribution >= 4 is 40.6 Å². The highest BCUT2D eigenvalue weighted by Gasteiger charge is 2.12. The summed E-state index contributed by atoms with van der Waals surface area (Å²) in [5.74, 6) is 0.141. The van der Waals surface area contributed by atoms with Crippen molar-refractivity contribution in [2.45, 2.75) is 6.92 Å². The molecule has 6 heteroatoms. The number of carbonyl (C=O) groups excluding carboxylic acids is 2. The van der Waals surface area contributed by atoms with E-state index in [4.69, 9.17) is 4.74 Å². The molecule has 2 aromatic carbocycles. The van der Waals surface area contributed by atoms with Gasteiger partial charge in [-0.15, -0.1) is 11.3 Å². The molecule has 28 heavy (non-hydrogen) atoms. The predicted octanol–water partition coefficient (Wildman–Crippen LogP) is 5.05. The fourth-order valence-corrected chi connectivity index (χ4v) is 3.13. The van der Waals surface area contributed by atoms with Gasteiger partial charge in [-0.2, -0.15) is 0 Å². The highest BCUT2D eigenvalue weighted by Crippen LogP contribution is 2.20. The number of rotatable bonds is 7. The molecule has 3 aromatic rings. The van der Waals surface area contributed by atoms with Gasteiger partial charge in [-0.3, -0.25) is 9.59 Å². The van der Waals surface area contributed by atoms with Crippen molar-refractivity contribution in [3.8, 4) is 5.75 Å². The molecule has 2 amide bonds. The number of carbonyl (C=O) groups is 2. The largest absolute Gasteiger partial charge is 0.494 e. The Hall–Kier alpha value is -3.38. The third-order valence-electron chi connectivity index (χ3n) is 3.79. The first-order valence-electron chi connectivity index (χ1n) is 8.81. The summed E-state index contributed by atoms with van der Waals surface area (Å²) >= 11 is 1.54. The number of anilines is 2. The number of benzene rings is 2. The van der Waals surface area contributed by atoms with Crippen LogP contribution in [0.25, 0.3) is 6.08 Å². The molecule has 0 aliphatic rings. The SMILES string of the molecule is CCOc1ccc(NC(=O)c2ccccc2NC(=O)/C=C/c2cccs2)cc1. The summed E-state index contributed by atoms with van der Waals surface area (Å²) in [5, 5.41) is 7.54. The van der Waals surface area contributed by atoms with Crippen LogP contribution < -0.4 is 15.4 Å². The number of hydrogen-bond donors (Lipinski definition) is 2. The van der Waals surface area contributed by atoms with Crippen molar-refractivity contribution in [3.63, 3.8) is 0 Å². The monoisotopic (exact) mass is 392 g/mol. The molecule has 0 unspecified atom stereocenters.